The van der Waals surface area contributed by atoms with Crippen molar-refractivity contribution in [1.82, 2.24) is 0 Å². The SMILES string of the molecule is COc1ccc(F)cc1C(=O)COC(=O)c1cc(Br)ccc1O. The number of Topliss-reactive ketones (excluding diaryl/α,β-unsaturated/α-hetero) is 1. The summed E-state index contributed by atoms with van der Waals surface area (Å²) < 4.78 is 23.7. The van der Waals surface area contributed by atoms with Gasteiger partial charge in [0.1, 0.15) is 22.9 Å². The number of rotatable bonds is 5. The van der Waals surface area contributed by atoms with E-state index in [0.29, 0.717) is 4.47 Å². The number of ether oxygens (including phenoxy) is 2. The first-order valence-corrected chi connectivity index (χ1v) is 7.24. The Hall–Kier alpha value is -2.41. The number of ketones is 1. The Kier molecular flexibility index (Phi) is 5.33. The Morgan fingerprint density at radius 1 is 1.17 bits per heavy atom. The zero-order valence-corrected chi connectivity index (χ0v) is 13.6. The van der Waals surface area contributed by atoms with Crippen LogP contribution < -0.4 is 4.74 Å². The van der Waals surface area contributed by atoms with Gasteiger partial charge in [0.15, 0.2) is 6.61 Å². The predicted molar refractivity (Wildman–Crippen MR) is 83.4 cm³/mol. The van der Waals surface area contributed by atoms with Crippen molar-refractivity contribution >= 4 is 27.7 Å². The van der Waals surface area contributed by atoms with Gasteiger partial charge in [-0.1, -0.05) is 15.9 Å². The number of hydrogen-bond donors (Lipinski definition) is 1. The normalized spacial score (nSPS) is 10.2. The lowest BCUT2D eigenvalue weighted by Gasteiger charge is -2.09. The molecule has 0 amide bonds. The largest absolute Gasteiger partial charge is 0.507 e. The van der Waals surface area contributed by atoms with Crippen molar-refractivity contribution in [2.75, 3.05) is 13.7 Å². The summed E-state index contributed by atoms with van der Waals surface area (Å²) in [7, 11) is 1.34. The lowest BCUT2D eigenvalue weighted by molar-refractivity contribution is 0.0471. The second-order valence-electron chi connectivity index (χ2n) is 4.51. The number of benzene rings is 2. The number of aromatic hydroxyl groups is 1. The van der Waals surface area contributed by atoms with Crippen LogP contribution in [0.25, 0.3) is 0 Å². The number of phenolic OH excluding ortho intramolecular Hbond substituents is 1. The zero-order valence-electron chi connectivity index (χ0n) is 12.0. The minimum Gasteiger partial charge on any atom is -0.507 e. The van der Waals surface area contributed by atoms with E-state index >= 15 is 0 Å². The standard InChI is InChI=1S/C16H12BrFO5/c1-22-15-5-3-10(18)7-11(15)14(20)8-23-16(21)12-6-9(17)2-4-13(12)19/h2-7,19H,8H2,1H3. The van der Waals surface area contributed by atoms with E-state index in [2.05, 4.69) is 15.9 Å². The number of halogens is 2. The van der Waals surface area contributed by atoms with Crippen LogP contribution in [0.15, 0.2) is 40.9 Å². The van der Waals surface area contributed by atoms with Gasteiger partial charge < -0.3 is 14.6 Å². The maximum Gasteiger partial charge on any atom is 0.342 e. The van der Waals surface area contributed by atoms with Crippen molar-refractivity contribution in [2.45, 2.75) is 0 Å². The molecule has 7 heteroatoms. The van der Waals surface area contributed by atoms with Gasteiger partial charge in [0, 0.05) is 4.47 Å². The zero-order chi connectivity index (χ0) is 17.0. The van der Waals surface area contributed by atoms with Gasteiger partial charge in [-0.05, 0) is 36.4 Å². The van der Waals surface area contributed by atoms with Crippen LogP contribution >= 0.6 is 15.9 Å². The molecule has 0 saturated carbocycles. The molecule has 0 bridgehead atoms. The summed E-state index contributed by atoms with van der Waals surface area (Å²) in [4.78, 5) is 24.0. The molecule has 2 aromatic rings. The lowest BCUT2D eigenvalue weighted by Crippen LogP contribution is -2.15. The second-order valence-corrected chi connectivity index (χ2v) is 5.42. The van der Waals surface area contributed by atoms with Crippen LogP contribution in [0.5, 0.6) is 11.5 Å². The fraction of sp³-hybridized carbons (Fsp3) is 0.125. The molecule has 0 fully saturated rings. The first kappa shape index (κ1) is 17.0. The predicted octanol–water partition coefficient (Wildman–Crippen LogP) is 3.34. The summed E-state index contributed by atoms with van der Waals surface area (Å²) in [5.74, 6) is -2.19. The summed E-state index contributed by atoms with van der Waals surface area (Å²) >= 11 is 3.16. The van der Waals surface area contributed by atoms with Crippen LogP contribution in [0.1, 0.15) is 20.7 Å². The van der Waals surface area contributed by atoms with Crippen LogP contribution in [-0.4, -0.2) is 30.6 Å². The molecule has 0 aliphatic heterocycles. The topological polar surface area (TPSA) is 72.8 Å². The summed E-state index contributed by atoms with van der Waals surface area (Å²) in [6.07, 6.45) is 0. The third-order valence-electron chi connectivity index (χ3n) is 2.97. The maximum absolute atomic E-state index is 13.3. The van der Waals surface area contributed by atoms with Crippen molar-refractivity contribution in [2.24, 2.45) is 0 Å². The quantitative estimate of drug-likeness (QED) is 0.634. The summed E-state index contributed by atoms with van der Waals surface area (Å²) in [5.41, 5.74) is -0.114. The van der Waals surface area contributed by atoms with Crippen molar-refractivity contribution in [3.05, 3.63) is 57.8 Å². The fourth-order valence-corrected chi connectivity index (χ4v) is 2.22. The lowest BCUT2D eigenvalue weighted by atomic mass is 10.1. The highest BCUT2D eigenvalue weighted by Gasteiger charge is 2.18. The number of phenols is 1. The summed E-state index contributed by atoms with van der Waals surface area (Å²) in [6, 6.07) is 7.70. The first-order valence-electron chi connectivity index (χ1n) is 6.44. The third-order valence-corrected chi connectivity index (χ3v) is 3.47. The van der Waals surface area contributed by atoms with E-state index in [1.165, 1.54) is 25.3 Å². The first-order chi connectivity index (χ1) is 10.9. The molecule has 2 aromatic carbocycles. The Morgan fingerprint density at radius 3 is 2.61 bits per heavy atom. The summed E-state index contributed by atoms with van der Waals surface area (Å²) in [6.45, 7) is -0.607. The number of hydrogen-bond acceptors (Lipinski definition) is 5. The fourth-order valence-electron chi connectivity index (χ4n) is 1.86. The minimum atomic E-state index is -0.868. The van der Waals surface area contributed by atoms with Gasteiger partial charge in [-0.3, -0.25) is 4.79 Å². The molecule has 2 rings (SSSR count). The van der Waals surface area contributed by atoms with Crippen molar-refractivity contribution in [1.29, 1.82) is 0 Å². The van der Waals surface area contributed by atoms with Crippen LogP contribution in [0.4, 0.5) is 4.39 Å². The average Bonchev–Trinajstić information content (AvgIpc) is 2.54. The highest BCUT2D eigenvalue weighted by Crippen LogP contribution is 2.23. The molecule has 0 heterocycles. The van der Waals surface area contributed by atoms with Gasteiger partial charge in [0.2, 0.25) is 5.78 Å². The summed E-state index contributed by atoms with van der Waals surface area (Å²) in [5, 5.41) is 9.63. The average molecular weight is 383 g/mol. The van der Waals surface area contributed by atoms with E-state index in [0.717, 1.165) is 12.1 Å². The van der Waals surface area contributed by atoms with Gasteiger partial charge in [-0.2, -0.15) is 0 Å². The van der Waals surface area contributed by atoms with Gasteiger partial charge >= 0.3 is 5.97 Å². The molecule has 0 spiro atoms. The Balaban J connectivity index is 2.11. The molecule has 0 atom stereocenters. The molecular weight excluding hydrogens is 371 g/mol. The van der Waals surface area contributed by atoms with E-state index in [1.54, 1.807) is 6.07 Å². The van der Waals surface area contributed by atoms with Crippen molar-refractivity contribution < 1.29 is 28.6 Å². The molecule has 0 aromatic heterocycles. The number of carbonyl (C=O) groups is 2. The molecule has 0 aliphatic carbocycles. The number of esters is 1. The molecular formula is C16H12BrFO5. The number of methoxy groups -OCH3 is 1. The molecule has 23 heavy (non-hydrogen) atoms. The molecule has 0 unspecified atom stereocenters. The highest BCUT2D eigenvalue weighted by atomic mass is 79.9. The van der Waals surface area contributed by atoms with Gasteiger partial charge in [-0.25, -0.2) is 9.18 Å². The van der Waals surface area contributed by atoms with Crippen LogP contribution in [0.2, 0.25) is 0 Å². The molecule has 0 radical (unpaired) electrons. The molecule has 5 nitrogen and oxygen atoms in total. The Morgan fingerprint density at radius 2 is 1.91 bits per heavy atom. The molecule has 1 N–H and O–H groups in total. The van der Waals surface area contributed by atoms with E-state index in [-0.39, 0.29) is 22.6 Å². The third kappa shape index (κ3) is 4.07. The van der Waals surface area contributed by atoms with Crippen LogP contribution in [0, 0.1) is 5.82 Å². The highest BCUT2D eigenvalue weighted by molar-refractivity contribution is 9.10. The van der Waals surface area contributed by atoms with E-state index in [4.69, 9.17) is 9.47 Å². The van der Waals surface area contributed by atoms with Gasteiger partial charge in [0.25, 0.3) is 0 Å². The van der Waals surface area contributed by atoms with E-state index in [9.17, 15) is 19.1 Å². The smallest absolute Gasteiger partial charge is 0.342 e. The van der Waals surface area contributed by atoms with E-state index < -0.39 is 24.2 Å². The van der Waals surface area contributed by atoms with Crippen molar-refractivity contribution in [3.8, 4) is 11.5 Å². The van der Waals surface area contributed by atoms with E-state index in [1.807, 2.05) is 0 Å². The monoisotopic (exact) mass is 382 g/mol. The molecule has 120 valence electrons. The van der Waals surface area contributed by atoms with Gasteiger partial charge in [-0.15, -0.1) is 0 Å². The molecule has 0 saturated heterocycles. The van der Waals surface area contributed by atoms with Crippen LogP contribution in [-0.2, 0) is 4.74 Å². The number of carbonyl (C=O) groups excluding carboxylic acids is 2. The maximum atomic E-state index is 13.3. The van der Waals surface area contributed by atoms with Crippen LogP contribution in [0.3, 0.4) is 0 Å². The second kappa shape index (κ2) is 7.23. The van der Waals surface area contributed by atoms with Crippen molar-refractivity contribution in [3.63, 3.8) is 0 Å². The Labute approximate surface area is 139 Å². The minimum absolute atomic E-state index is 0.0289. The Bertz CT molecular complexity index is 760. The molecule has 0 aliphatic rings. The van der Waals surface area contributed by atoms with Gasteiger partial charge in [0.05, 0.1) is 12.7 Å².